The molecule has 0 amide bonds. The number of phosphoric acid groups is 1. The molecular formula is C24H53NO7P+. The van der Waals surface area contributed by atoms with Crippen molar-refractivity contribution >= 4 is 7.82 Å². The summed E-state index contributed by atoms with van der Waals surface area (Å²) in [5.74, 6) is 0. The van der Waals surface area contributed by atoms with E-state index in [1.165, 1.54) is 83.5 Å². The Bertz CT molecular complexity index is 493. The van der Waals surface area contributed by atoms with E-state index in [4.69, 9.17) is 14.7 Å². The molecule has 0 aliphatic carbocycles. The molecule has 0 aromatic rings. The summed E-state index contributed by atoms with van der Waals surface area (Å²) < 4.78 is 21.7. The van der Waals surface area contributed by atoms with Gasteiger partial charge < -0.3 is 24.7 Å². The van der Waals surface area contributed by atoms with E-state index in [0.717, 1.165) is 13.0 Å². The number of likely N-dealkylation sites (N-methyl/N-ethyl adjacent to an activating group) is 1. The minimum absolute atomic E-state index is 0.330. The number of nitrogens with zero attached hydrogens (tertiary/aromatic N) is 1. The molecule has 0 aromatic heterocycles. The average Bonchev–Trinajstić information content (AvgIpc) is 2.76. The third-order valence-electron chi connectivity index (χ3n) is 5.89. The Balaban J connectivity index is 3.70. The molecule has 3 unspecified atom stereocenters. The van der Waals surface area contributed by atoms with Gasteiger partial charge in [0, 0.05) is 0 Å². The van der Waals surface area contributed by atoms with Crippen LogP contribution in [-0.2, 0) is 13.6 Å². The second-order valence-corrected chi connectivity index (χ2v) is 11.4. The first-order valence-corrected chi connectivity index (χ1v) is 14.5. The van der Waals surface area contributed by atoms with Crippen molar-refractivity contribution in [3.05, 3.63) is 0 Å². The van der Waals surface area contributed by atoms with Gasteiger partial charge in [0.2, 0.25) is 0 Å². The van der Waals surface area contributed by atoms with E-state index in [0.29, 0.717) is 11.0 Å². The molecule has 8 nitrogen and oxygen atoms in total. The van der Waals surface area contributed by atoms with Crippen LogP contribution in [-0.4, -0.2) is 83.9 Å². The van der Waals surface area contributed by atoms with Crippen molar-refractivity contribution in [3.63, 3.8) is 0 Å². The van der Waals surface area contributed by atoms with Gasteiger partial charge in [0.1, 0.15) is 18.8 Å². The third-order valence-corrected chi connectivity index (χ3v) is 6.84. The topological polar surface area (TPSA) is 116 Å². The summed E-state index contributed by atoms with van der Waals surface area (Å²) in [6.45, 7) is 2.16. The number of rotatable bonds is 24. The van der Waals surface area contributed by atoms with Crippen molar-refractivity contribution in [2.45, 2.75) is 109 Å². The maximum atomic E-state index is 11.7. The summed E-state index contributed by atoms with van der Waals surface area (Å²) in [7, 11) is -0.318. The van der Waals surface area contributed by atoms with Gasteiger partial charge in [-0.15, -0.1) is 0 Å². The van der Waals surface area contributed by atoms with E-state index in [1.807, 2.05) is 14.1 Å². The molecule has 0 saturated heterocycles. The van der Waals surface area contributed by atoms with Gasteiger partial charge in [-0.2, -0.15) is 0 Å². The summed E-state index contributed by atoms with van der Waals surface area (Å²) >= 11 is 0. The zero-order valence-corrected chi connectivity index (χ0v) is 22.4. The van der Waals surface area contributed by atoms with Crippen molar-refractivity contribution in [3.8, 4) is 0 Å². The molecule has 0 radical (unpaired) electrons. The number of hydrogen-bond donors (Lipinski definition) is 4. The first-order chi connectivity index (χ1) is 15.6. The summed E-state index contributed by atoms with van der Waals surface area (Å²) in [6, 6.07) is 0. The quantitative estimate of drug-likeness (QED) is 0.0886. The van der Waals surface area contributed by atoms with Crippen LogP contribution in [0.15, 0.2) is 0 Å². The maximum Gasteiger partial charge on any atom is 0.472 e. The van der Waals surface area contributed by atoms with Crippen molar-refractivity contribution in [1.82, 2.24) is 0 Å². The molecule has 200 valence electrons. The summed E-state index contributed by atoms with van der Waals surface area (Å²) in [5.41, 5.74) is 0. The molecule has 0 aliphatic heterocycles. The molecule has 0 rings (SSSR count). The number of unbranched alkanes of at least 4 members (excludes halogenated alkanes) is 13. The van der Waals surface area contributed by atoms with E-state index in [-0.39, 0.29) is 6.61 Å². The number of aliphatic hydroxyl groups excluding tert-OH is 3. The van der Waals surface area contributed by atoms with Crippen LogP contribution in [0.1, 0.15) is 96.8 Å². The second kappa shape index (κ2) is 20.2. The molecule has 9 heteroatoms. The van der Waals surface area contributed by atoms with Gasteiger partial charge in [-0.3, -0.25) is 9.05 Å². The SMILES string of the molecule is CCCCCCCCCCCCCCCC[N+](C)(C)CC(O)COP(=O)(O)OCC(O)CO. The molecule has 33 heavy (non-hydrogen) atoms. The van der Waals surface area contributed by atoms with Gasteiger partial charge in [0.05, 0.1) is 40.5 Å². The molecule has 0 aromatic carbocycles. The van der Waals surface area contributed by atoms with Gasteiger partial charge in [-0.1, -0.05) is 84.0 Å². The summed E-state index contributed by atoms with van der Waals surface area (Å²) in [4.78, 5) is 9.55. The van der Waals surface area contributed by atoms with Crippen LogP contribution in [0.4, 0.5) is 0 Å². The van der Waals surface area contributed by atoms with E-state index >= 15 is 0 Å². The highest BCUT2D eigenvalue weighted by Crippen LogP contribution is 2.43. The molecule has 3 atom stereocenters. The first kappa shape index (κ1) is 33.0. The van der Waals surface area contributed by atoms with Crippen LogP contribution in [0.3, 0.4) is 0 Å². The van der Waals surface area contributed by atoms with Gasteiger partial charge in [-0.05, 0) is 12.8 Å². The second-order valence-electron chi connectivity index (χ2n) is 9.99. The molecule has 4 N–H and O–H groups in total. The lowest BCUT2D eigenvalue weighted by molar-refractivity contribution is -0.893. The summed E-state index contributed by atoms with van der Waals surface area (Å²) in [6.07, 6.45) is 16.3. The highest BCUT2D eigenvalue weighted by Gasteiger charge is 2.27. The van der Waals surface area contributed by atoms with Crippen molar-refractivity contribution < 1.29 is 38.3 Å². The van der Waals surface area contributed by atoms with Crippen molar-refractivity contribution in [2.24, 2.45) is 0 Å². The Morgan fingerprint density at radius 3 is 1.55 bits per heavy atom. The van der Waals surface area contributed by atoms with Gasteiger partial charge in [0.15, 0.2) is 0 Å². The maximum absolute atomic E-state index is 11.7. The Hall–Kier alpha value is -0.0500. The highest BCUT2D eigenvalue weighted by molar-refractivity contribution is 7.47. The molecule has 0 bridgehead atoms. The fraction of sp³-hybridized carbons (Fsp3) is 1.00. The lowest BCUT2D eigenvalue weighted by Gasteiger charge is -2.32. The van der Waals surface area contributed by atoms with Gasteiger partial charge in [-0.25, -0.2) is 4.57 Å². The smallest absolute Gasteiger partial charge is 0.394 e. The van der Waals surface area contributed by atoms with E-state index in [9.17, 15) is 14.6 Å². The number of aliphatic hydroxyl groups is 3. The molecule has 0 spiro atoms. The number of hydrogen-bond acceptors (Lipinski definition) is 6. The Labute approximate surface area is 202 Å². The normalized spacial score (nSPS) is 16.0. The van der Waals surface area contributed by atoms with Crippen LogP contribution in [0, 0.1) is 0 Å². The van der Waals surface area contributed by atoms with Crippen LogP contribution >= 0.6 is 7.82 Å². The first-order valence-electron chi connectivity index (χ1n) is 13.0. The van der Waals surface area contributed by atoms with Crippen LogP contribution in [0.2, 0.25) is 0 Å². The van der Waals surface area contributed by atoms with Gasteiger partial charge >= 0.3 is 7.82 Å². The zero-order valence-electron chi connectivity index (χ0n) is 21.5. The predicted molar refractivity (Wildman–Crippen MR) is 133 cm³/mol. The summed E-state index contributed by atoms with van der Waals surface area (Å²) in [5, 5.41) is 28.0. The molecule has 0 fully saturated rings. The molecule has 0 heterocycles. The van der Waals surface area contributed by atoms with Gasteiger partial charge in [0.25, 0.3) is 0 Å². The monoisotopic (exact) mass is 498 g/mol. The van der Waals surface area contributed by atoms with Crippen LogP contribution in [0.25, 0.3) is 0 Å². The molecule has 0 aliphatic rings. The Morgan fingerprint density at radius 1 is 0.727 bits per heavy atom. The third kappa shape index (κ3) is 22.2. The fourth-order valence-electron chi connectivity index (χ4n) is 3.90. The number of phosphoric ester groups is 1. The van der Waals surface area contributed by atoms with Crippen LogP contribution in [0.5, 0.6) is 0 Å². The zero-order chi connectivity index (χ0) is 25.0. The predicted octanol–water partition coefficient (Wildman–Crippen LogP) is 4.39. The standard InChI is InChI=1S/C24H52NO7P/c1-4-5-6-7-8-9-10-11-12-13-14-15-16-17-18-25(2,3)19-23(27)21-31-33(29,30)32-22-24(28)20-26/h23-24,26-28H,4-22H2,1-3H3/p+1. The lowest BCUT2D eigenvalue weighted by Crippen LogP contribution is -2.47. The number of quaternary nitrogens is 1. The van der Waals surface area contributed by atoms with Crippen LogP contribution < -0.4 is 0 Å². The van der Waals surface area contributed by atoms with E-state index in [2.05, 4.69) is 11.4 Å². The average molecular weight is 499 g/mol. The highest BCUT2D eigenvalue weighted by atomic mass is 31.2. The largest absolute Gasteiger partial charge is 0.472 e. The van der Waals surface area contributed by atoms with Crippen molar-refractivity contribution in [1.29, 1.82) is 0 Å². The molecular weight excluding hydrogens is 445 g/mol. The van der Waals surface area contributed by atoms with Crippen molar-refractivity contribution in [2.75, 3.05) is 47.0 Å². The van der Waals surface area contributed by atoms with E-state index < -0.39 is 33.2 Å². The Kier molecular flexibility index (Phi) is 20.1. The Morgan fingerprint density at radius 2 is 1.12 bits per heavy atom. The minimum atomic E-state index is -4.37. The minimum Gasteiger partial charge on any atom is -0.394 e. The fourth-order valence-corrected chi connectivity index (χ4v) is 4.69. The molecule has 0 saturated carbocycles. The van der Waals surface area contributed by atoms with E-state index in [1.54, 1.807) is 0 Å². The lowest BCUT2D eigenvalue weighted by atomic mass is 10.0.